The van der Waals surface area contributed by atoms with Crippen molar-refractivity contribution in [3.8, 4) is 10.4 Å². The van der Waals surface area contributed by atoms with E-state index in [2.05, 4.69) is 4.98 Å². The molecule has 0 radical (unpaired) electrons. The molecule has 4 rings (SSSR count). The zero-order valence-electron chi connectivity index (χ0n) is 20.3. The summed E-state index contributed by atoms with van der Waals surface area (Å²) in [6.45, 7) is 12.2. The molecule has 0 saturated carbocycles. The summed E-state index contributed by atoms with van der Waals surface area (Å²) in [5, 5.41) is 0. The van der Waals surface area contributed by atoms with Crippen LogP contribution in [-0.2, 0) is 0 Å². The lowest BCUT2D eigenvalue weighted by Crippen LogP contribution is -2.49. The Hall–Kier alpha value is -1.91. The largest absolute Gasteiger partial charge is 0.380 e. The van der Waals surface area contributed by atoms with Gasteiger partial charge in [0.25, 0.3) is 0 Å². The molecule has 0 bridgehead atoms. The van der Waals surface area contributed by atoms with Crippen LogP contribution in [0.1, 0.15) is 32.0 Å². The highest BCUT2D eigenvalue weighted by Gasteiger charge is 2.80. The van der Waals surface area contributed by atoms with Crippen LogP contribution in [0, 0.1) is 27.7 Å². The Morgan fingerprint density at radius 3 is 1.63 bits per heavy atom. The maximum absolute atomic E-state index is 15.5. The molecule has 0 amide bonds. The fourth-order valence-electron chi connectivity index (χ4n) is 4.93. The van der Waals surface area contributed by atoms with Crippen molar-refractivity contribution in [2.75, 3.05) is 0 Å². The van der Waals surface area contributed by atoms with Crippen LogP contribution < -0.4 is 4.50 Å². The van der Waals surface area contributed by atoms with Gasteiger partial charge in [0, 0.05) is 49.3 Å². The summed E-state index contributed by atoms with van der Waals surface area (Å²) in [5.74, 6) is -15.7. The second-order valence-corrected chi connectivity index (χ2v) is 17.7. The normalized spacial score (nSPS) is 19.0. The van der Waals surface area contributed by atoms with Crippen LogP contribution in [-0.4, -0.2) is 30.8 Å². The maximum atomic E-state index is 15.5. The van der Waals surface area contributed by atoms with Gasteiger partial charge in [-0.1, -0.05) is 19.6 Å². The quantitative estimate of drug-likeness (QED) is 0.237. The second-order valence-electron chi connectivity index (χ2n) is 9.93. The Morgan fingerprint density at radius 1 is 0.714 bits per heavy atom. The van der Waals surface area contributed by atoms with Gasteiger partial charge in [0.1, 0.15) is 0 Å². The molecular formula is C25H25F6NS2Si. The van der Waals surface area contributed by atoms with E-state index in [0.717, 1.165) is 15.8 Å². The first-order chi connectivity index (χ1) is 16.0. The fourth-order valence-corrected chi connectivity index (χ4v) is 9.95. The molecule has 10 heteroatoms. The highest BCUT2D eigenvalue weighted by molar-refractivity contribution is 7.27. The Bertz CT molecular complexity index is 1350. The van der Waals surface area contributed by atoms with Crippen molar-refractivity contribution in [2.24, 2.45) is 0 Å². The molecule has 1 aliphatic rings. The van der Waals surface area contributed by atoms with Crippen molar-refractivity contribution >= 4 is 46.4 Å². The van der Waals surface area contributed by atoms with E-state index < -0.39 is 37.0 Å². The number of aryl methyl sites for hydroxylation is 2. The van der Waals surface area contributed by atoms with Crippen LogP contribution >= 0.6 is 22.7 Å². The lowest BCUT2D eigenvalue weighted by atomic mass is 9.91. The van der Waals surface area contributed by atoms with Crippen LogP contribution in [0.25, 0.3) is 21.6 Å². The topological polar surface area (TPSA) is 12.9 Å². The minimum atomic E-state index is -5.57. The van der Waals surface area contributed by atoms with E-state index in [1.54, 1.807) is 26.0 Å². The SMILES string of the molecule is Cc1sc(-c2ccncc2)c(C)c1C1=C(c2c(C)sc([Si](C)(C)C)c2C)C(F)(F)C(F)(F)C1(F)F. The number of hydrogen-bond acceptors (Lipinski definition) is 3. The van der Waals surface area contributed by atoms with E-state index >= 15 is 17.6 Å². The molecule has 0 unspecified atom stereocenters. The number of allylic oxidation sites excluding steroid dienone is 2. The Morgan fingerprint density at radius 2 is 1.17 bits per heavy atom. The van der Waals surface area contributed by atoms with Crippen LogP contribution in [0.2, 0.25) is 19.6 Å². The first-order valence-electron chi connectivity index (χ1n) is 11.0. The maximum Gasteiger partial charge on any atom is 0.380 e. The molecule has 0 aliphatic heterocycles. The predicted octanol–water partition coefficient (Wildman–Crippen LogP) is 8.48. The summed E-state index contributed by atoms with van der Waals surface area (Å²) < 4.78 is 92.7. The molecule has 1 nitrogen and oxygen atoms in total. The number of pyridine rings is 1. The fraction of sp³-hybridized carbons (Fsp3) is 0.400. The number of thiophene rings is 2. The second kappa shape index (κ2) is 8.04. The van der Waals surface area contributed by atoms with E-state index in [1.807, 2.05) is 19.6 Å². The predicted molar refractivity (Wildman–Crippen MR) is 135 cm³/mol. The van der Waals surface area contributed by atoms with Gasteiger partial charge in [-0.2, -0.15) is 26.3 Å². The molecule has 0 saturated heterocycles. The number of rotatable bonds is 4. The molecule has 3 aromatic heterocycles. The third-order valence-electron chi connectivity index (χ3n) is 6.44. The molecule has 0 spiro atoms. The third-order valence-corrected chi connectivity index (χ3v) is 12.6. The average Bonchev–Trinajstić information content (AvgIpc) is 3.24. The highest BCUT2D eigenvalue weighted by atomic mass is 32.1. The molecule has 0 fully saturated rings. The summed E-state index contributed by atoms with van der Waals surface area (Å²) in [6, 6.07) is 3.33. The molecule has 0 atom stereocenters. The van der Waals surface area contributed by atoms with Gasteiger partial charge >= 0.3 is 17.8 Å². The molecule has 3 heterocycles. The lowest BCUT2D eigenvalue weighted by molar-refractivity contribution is -0.254. The van der Waals surface area contributed by atoms with Crippen molar-refractivity contribution in [1.82, 2.24) is 4.98 Å². The summed E-state index contributed by atoms with van der Waals surface area (Å²) in [6.07, 6.45) is 3.05. The summed E-state index contributed by atoms with van der Waals surface area (Å²) in [4.78, 5) is 5.13. The Kier molecular flexibility index (Phi) is 6.01. The average molecular weight is 546 g/mol. The van der Waals surface area contributed by atoms with Gasteiger partial charge < -0.3 is 0 Å². The van der Waals surface area contributed by atoms with Gasteiger partial charge in [0.05, 0.1) is 8.07 Å². The molecular weight excluding hydrogens is 520 g/mol. The van der Waals surface area contributed by atoms with Crippen molar-refractivity contribution in [2.45, 2.75) is 65.1 Å². The highest BCUT2D eigenvalue weighted by Crippen LogP contribution is 2.66. The van der Waals surface area contributed by atoms with Crippen molar-refractivity contribution in [3.05, 3.63) is 56.5 Å². The van der Waals surface area contributed by atoms with Gasteiger partial charge in [-0.15, -0.1) is 22.7 Å². The number of halogens is 6. The third kappa shape index (κ3) is 3.58. The van der Waals surface area contributed by atoms with Crippen molar-refractivity contribution in [1.29, 1.82) is 0 Å². The summed E-state index contributed by atoms with van der Waals surface area (Å²) in [5.41, 5.74) is -1.57. The molecule has 1 aliphatic carbocycles. The van der Waals surface area contributed by atoms with Crippen LogP contribution in [0.4, 0.5) is 26.3 Å². The lowest BCUT2D eigenvalue weighted by Gasteiger charge is -2.26. The van der Waals surface area contributed by atoms with E-state index in [0.29, 0.717) is 20.9 Å². The first-order valence-corrected chi connectivity index (χ1v) is 16.1. The van der Waals surface area contributed by atoms with Crippen LogP contribution in [0.3, 0.4) is 0 Å². The molecule has 35 heavy (non-hydrogen) atoms. The Balaban J connectivity index is 2.14. The van der Waals surface area contributed by atoms with Gasteiger partial charge in [0.2, 0.25) is 0 Å². The van der Waals surface area contributed by atoms with Crippen molar-refractivity contribution < 1.29 is 26.3 Å². The zero-order valence-corrected chi connectivity index (χ0v) is 23.0. The molecule has 3 aromatic rings. The molecule has 188 valence electrons. The number of hydrogen-bond donors (Lipinski definition) is 0. The Labute approximate surface area is 209 Å². The molecule has 0 aromatic carbocycles. The van der Waals surface area contributed by atoms with E-state index in [-0.39, 0.29) is 21.6 Å². The molecule has 0 N–H and O–H groups in total. The van der Waals surface area contributed by atoms with Gasteiger partial charge in [-0.05, 0) is 61.0 Å². The van der Waals surface area contributed by atoms with Gasteiger partial charge in [-0.3, -0.25) is 4.98 Å². The summed E-state index contributed by atoms with van der Waals surface area (Å²) in [7, 11) is -2.05. The monoisotopic (exact) mass is 545 g/mol. The standard InChI is InChI=1S/C25H25F6NS2Si/c1-12-17(14(3)33-21(12)16-8-10-32-11-9-16)19-20(24(28,29)25(30,31)23(19,26)27)18-13(2)22(34-15(18)4)35(5,6)7/h8-11H,1-7H3. The van der Waals surface area contributed by atoms with E-state index in [1.165, 1.54) is 37.6 Å². The number of nitrogens with zero attached hydrogens (tertiary/aromatic N) is 1. The van der Waals surface area contributed by atoms with Crippen LogP contribution in [0.5, 0.6) is 0 Å². The minimum absolute atomic E-state index is 0.167. The zero-order chi connectivity index (χ0) is 26.3. The minimum Gasteiger partial charge on any atom is -0.265 e. The number of alkyl halides is 6. The van der Waals surface area contributed by atoms with Gasteiger partial charge in [0.15, 0.2) is 0 Å². The van der Waals surface area contributed by atoms with Crippen molar-refractivity contribution in [3.63, 3.8) is 0 Å². The summed E-state index contributed by atoms with van der Waals surface area (Å²) >= 11 is 2.37. The van der Waals surface area contributed by atoms with E-state index in [4.69, 9.17) is 0 Å². The van der Waals surface area contributed by atoms with Gasteiger partial charge in [-0.25, -0.2) is 0 Å². The number of aromatic nitrogens is 1. The first kappa shape index (κ1) is 26.2. The van der Waals surface area contributed by atoms with E-state index in [9.17, 15) is 8.78 Å². The smallest absolute Gasteiger partial charge is 0.265 e. The van der Waals surface area contributed by atoms with Crippen LogP contribution in [0.15, 0.2) is 24.5 Å².